The van der Waals surface area contributed by atoms with Gasteiger partial charge in [-0.15, -0.1) is 0 Å². The van der Waals surface area contributed by atoms with Crippen LogP contribution < -0.4 is 9.64 Å². The maximum atomic E-state index is 13.6. The van der Waals surface area contributed by atoms with Gasteiger partial charge in [-0.1, -0.05) is 34.4 Å². The molecule has 0 N–H and O–H groups in total. The molecule has 2 aromatic heterocycles. The van der Waals surface area contributed by atoms with Gasteiger partial charge in [-0.25, -0.2) is 9.78 Å². The first-order chi connectivity index (χ1) is 19.4. The highest BCUT2D eigenvalue weighted by atomic mass is 35.5. The Morgan fingerprint density at radius 3 is 2.55 bits per heavy atom. The van der Waals surface area contributed by atoms with E-state index in [4.69, 9.17) is 37.2 Å². The zero-order valence-electron chi connectivity index (χ0n) is 21.4. The first kappa shape index (κ1) is 25.1. The molecule has 40 heavy (non-hydrogen) atoms. The fourth-order valence-corrected chi connectivity index (χ4v) is 5.99. The van der Waals surface area contributed by atoms with Crippen molar-refractivity contribution in [1.29, 1.82) is 0 Å². The Balaban J connectivity index is 1.20. The summed E-state index contributed by atoms with van der Waals surface area (Å²) in [5.41, 5.74) is 3.45. The Morgan fingerprint density at radius 2 is 1.90 bits per heavy atom. The Labute approximate surface area is 239 Å². The maximum Gasteiger partial charge on any atom is 0.339 e. The van der Waals surface area contributed by atoms with E-state index in [9.17, 15) is 9.59 Å². The highest BCUT2D eigenvalue weighted by Gasteiger charge is 2.60. The van der Waals surface area contributed by atoms with Crippen molar-refractivity contribution in [2.45, 2.75) is 43.6 Å². The molecule has 4 aromatic rings. The number of hydrogen-bond acceptors (Lipinski definition) is 7. The lowest BCUT2D eigenvalue weighted by Gasteiger charge is -2.17. The number of esters is 1. The molecule has 0 saturated heterocycles. The Kier molecular flexibility index (Phi) is 5.87. The predicted molar refractivity (Wildman–Crippen MR) is 148 cm³/mol. The molecule has 0 unspecified atom stereocenters. The zero-order valence-corrected chi connectivity index (χ0v) is 23.0. The summed E-state index contributed by atoms with van der Waals surface area (Å²) in [6.45, 7) is 0.214. The summed E-state index contributed by atoms with van der Waals surface area (Å²) >= 11 is 13.0. The number of anilines is 2. The Bertz CT molecular complexity index is 1660. The minimum Gasteiger partial charge on any atom is -0.489 e. The number of rotatable bonds is 7. The average molecular weight is 576 g/mol. The van der Waals surface area contributed by atoms with E-state index in [1.807, 2.05) is 18.2 Å². The number of carbonyl (C=O) groups excluding carboxylic acids is 2. The first-order valence-electron chi connectivity index (χ1n) is 13.0. The van der Waals surface area contributed by atoms with Crippen LogP contribution in [0.1, 0.15) is 58.8 Å². The standard InChI is InChI=1S/C30H23Cl2N3O5/c1-38-28(36)17-7-10-24(33-14-17)35-23-9-8-18(13-20(23)30(11-12-30)29(35)37)39-15-19-26(34-40-27(19)16-5-6-16)25-21(31)3-2-4-22(25)32/h2-4,7-10,13-14,16H,5-6,11-12,15H2,1H3. The van der Waals surface area contributed by atoms with Crippen LogP contribution in [0.3, 0.4) is 0 Å². The summed E-state index contributed by atoms with van der Waals surface area (Å²) in [5.74, 6) is 1.69. The van der Waals surface area contributed by atoms with Crippen LogP contribution in [0.15, 0.2) is 59.3 Å². The number of hydrogen-bond donors (Lipinski definition) is 0. The van der Waals surface area contributed by atoms with Gasteiger partial charge in [0, 0.05) is 17.7 Å². The molecule has 7 rings (SSSR count). The van der Waals surface area contributed by atoms with Gasteiger partial charge in [0.2, 0.25) is 5.91 Å². The van der Waals surface area contributed by atoms with E-state index in [0.717, 1.165) is 48.3 Å². The molecule has 10 heteroatoms. The second-order valence-corrected chi connectivity index (χ2v) is 11.1. The number of methoxy groups -OCH3 is 1. The molecular weight excluding hydrogens is 553 g/mol. The normalized spacial score (nSPS) is 16.8. The predicted octanol–water partition coefficient (Wildman–Crippen LogP) is 7.00. The van der Waals surface area contributed by atoms with Crippen molar-refractivity contribution in [2.24, 2.45) is 0 Å². The second-order valence-electron chi connectivity index (χ2n) is 10.3. The quantitative estimate of drug-likeness (QED) is 0.219. The number of benzene rings is 2. The van der Waals surface area contributed by atoms with Gasteiger partial charge in [0.1, 0.15) is 29.6 Å². The molecule has 202 valence electrons. The van der Waals surface area contributed by atoms with E-state index in [1.165, 1.54) is 13.3 Å². The van der Waals surface area contributed by atoms with Crippen molar-refractivity contribution in [1.82, 2.24) is 10.1 Å². The fraction of sp³-hybridized carbons (Fsp3) is 0.267. The summed E-state index contributed by atoms with van der Waals surface area (Å²) in [6.07, 6.45) is 5.00. The molecule has 1 amide bonds. The number of halogens is 2. The van der Waals surface area contributed by atoms with Crippen LogP contribution in [0.25, 0.3) is 11.3 Å². The van der Waals surface area contributed by atoms with Crippen LogP contribution in [-0.2, 0) is 21.6 Å². The Hall–Kier alpha value is -3.88. The Morgan fingerprint density at radius 1 is 1.12 bits per heavy atom. The van der Waals surface area contributed by atoms with Crippen molar-refractivity contribution in [3.63, 3.8) is 0 Å². The van der Waals surface area contributed by atoms with Crippen LogP contribution >= 0.6 is 23.2 Å². The zero-order chi connectivity index (χ0) is 27.6. The van der Waals surface area contributed by atoms with Crippen LogP contribution in [-0.4, -0.2) is 29.1 Å². The summed E-state index contributed by atoms with van der Waals surface area (Å²) in [5, 5.41) is 5.32. The van der Waals surface area contributed by atoms with Crippen LogP contribution in [0.2, 0.25) is 10.0 Å². The van der Waals surface area contributed by atoms with Crippen LogP contribution in [0, 0.1) is 0 Å². The van der Waals surface area contributed by atoms with E-state index in [2.05, 4.69) is 10.1 Å². The first-order valence-corrected chi connectivity index (χ1v) is 13.8. The third-order valence-electron chi connectivity index (χ3n) is 7.83. The van der Waals surface area contributed by atoms with Crippen LogP contribution in [0.5, 0.6) is 5.75 Å². The summed E-state index contributed by atoms with van der Waals surface area (Å²) in [4.78, 5) is 31.4. The van der Waals surface area contributed by atoms with Gasteiger partial charge >= 0.3 is 5.97 Å². The van der Waals surface area contributed by atoms with Gasteiger partial charge in [0.05, 0.1) is 39.4 Å². The SMILES string of the molecule is COC(=O)c1ccc(N2C(=O)C3(CC3)c3cc(OCc4c(-c5c(Cl)cccc5Cl)noc4C4CC4)ccc32)nc1. The number of carbonyl (C=O) groups is 2. The monoisotopic (exact) mass is 575 g/mol. The largest absolute Gasteiger partial charge is 0.489 e. The third-order valence-corrected chi connectivity index (χ3v) is 8.46. The second kappa shape index (κ2) is 9.35. The fourth-order valence-electron chi connectivity index (χ4n) is 5.42. The lowest BCUT2D eigenvalue weighted by Crippen LogP contribution is -2.28. The minimum absolute atomic E-state index is 0.0244. The van der Waals surface area contributed by atoms with E-state index >= 15 is 0 Å². The van der Waals surface area contributed by atoms with E-state index in [1.54, 1.807) is 35.2 Å². The van der Waals surface area contributed by atoms with E-state index < -0.39 is 11.4 Å². The molecule has 2 aromatic carbocycles. The van der Waals surface area contributed by atoms with Crippen molar-refractivity contribution in [2.75, 3.05) is 12.0 Å². The highest BCUT2D eigenvalue weighted by molar-refractivity contribution is 6.39. The van der Waals surface area contributed by atoms with Gasteiger partial charge in [0.25, 0.3) is 0 Å². The topological polar surface area (TPSA) is 94.8 Å². The number of pyridine rings is 1. The lowest BCUT2D eigenvalue weighted by molar-refractivity contribution is -0.119. The molecule has 1 aliphatic heterocycles. The smallest absolute Gasteiger partial charge is 0.339 e. The molecule has 3 aliphatic rings. The number of ether oxygens (including phenoxy) is 2. The molecule has 0 bridgehead atoms. The van der Waals surface area contributed by atoms with Crippen molar-refractivity contribution in [3.05, 3.63) is 87.2 Å². The number of aromatic nitrogens is 2. The summed E-state index contributed by atoms with van der Waals surface area (Å²) in [7, 11) is 1.32. The van der Waals surface area contributed by atoms with Gasteiger partial charge in [-0.3, -0.25) is 9.69 Å². The van der Waals surface area contributed by atoms with E-state index in [-0.39, 0.29) is 12.5 Å². The molecule has 2 saturated carbocycles. The summed E-state index contributed by atoms with van der Waals surface area (Å²) < 4.78 is 16.8. The molecule has 0 radical (unpaired) electrons. The van der Waals surface area contributed by atoms with Crippen molar-refractivity contribution in [3.8, 4) is 17.0 Å². The van der Waals surface area contributed by atoms with Crippen molar-refractivity contribution < 1.29 is 23.6 Å². The van der Waals surface area contributed by atoms with Gasteiger partial charge in [-0.05, 0) is 73.7 Å². The number of nitrogens with zero attached hydrogens (tertiary/aromatic N) is 3. The molecule has 2 aliphatic carbocycles. The summed E-state index contributed by atoms with van der Waals surface area (Å²) in [6, 6.07) is 14.3. The average Bonchev–Trinajstić information content (AvgIpc) is 3.89. The highest BCUT2D eigenvalue weighted by Crippen LogP contribution is 2.59. The third kappa shape index (κ3) is 3.97. The molecule has 0 atom stereocenters. The van der Waals surface area contributed by atoms with Crippen molar-refractivity contribution >= 4 is 46.6 Å². The van der Waals surface area contributed by atoms with Crippen LogP contribution in [0.4, 0.5) is 11.5 Å². The van der Waals surface area contributed by atoms with Gasteiger partial charge < -0.3 is 14.0 Å². The molecule has 1 spiro atoms. The van der Waals surface area contributed by atoms with E-state index in [0.29, 0.717) is 44.4 Å². The van der Waals surface area contributed by atoms with Gasteiger partial charge in [0.15, 0.2) is 0 Å². The maximum absolute atomic E-state index is 13.6. The number of fused-ring (bicyclic) bond motifs is 2. The molecule has 8 nitrogen and oxygen atoms in total. The minimum atomic E-state index is -0.579. The molecule has 2 fully saturated rings. The number of amides is 1. The molecular formula is C30H23Cl2N3O5. The molecule has 3 heterocycles. The lowest BCUT2D eigenvalue weighted by atomic mass is 9.98. The van der Waals surface area contributed by atoms with Gasteiger partial charge in [-0.2, -0.15) is 0 Å².